The van der Waals surface area contributed by atoms with Gasteiger partial charge in [-0.25, -0.2) is 0 Å². The summed E-state index contributed by atoms with van der Waals surface area (Å²) in [6.45, 7) is 27.4. The second-order valence-electron chi connectivity index (χ2n) is 14.2. The molecule has 299 valence electrons. The monoisotopic (exact) mass is 875 g/mol. The molecule has 0 aliphatic rings. The van der Waals surface area contributed by atoms with Crippen molar-refractivity contribution in [3.8, 4) is 17.2 Å². The van der Waals surface area contributed by atoms with Crippen molar-refractivity contribution >= 4 is 0 Å². The van der Waals surface area contributed by atoms with Crippen LogP contribution in [0.3, 0.4) is 0 Å². The molecule has 0 aliphatic carbocycles. The first kappa shape index (κ1) is 54.5. The second kappa shape index (κ2) is 31.5. The number of hydrogen-bond donors (Lipinski definition) is 0. The summed E-state index contributed by atoms with van der Waals surface area (Å²) in [6, 6.07) is 17.5. The molecule has 0 aromatic heterocycles. The van der Waals surface area contributed by atoms with Crippen LogP contribution in [0.5, 0.6) is 17.2 Å². The zero-order valence-electron chi connectivity index (χ0n) is 35.2. The van der Waals surface area contributed by atoms with Gasteiger partial charge in [0.15, 0.2) is 0 Å². The van der Waals surface area contributed by atoms with Crippen molar-refractivity contribution < 1.29 is 72.4 Å². The maximum atomic E-state index is 11.9. The summed E-state index contributed by atoms with van der Waals surface area (Å²) in [4.78, 5) is 0. The first-order valence-corrected chi connectivity index (χ1v) is 18.3. The molecule has 1 radical (unpaired) electrons. The van der Waals surface area contributed by atoms with Crippen molar-refractivity contribution in [1.29, 1.82) is 0 Å². The van der Waals surface area contributed by atoms with Crippen LogP contribution in [0, 0.1) is 38.2 Å². The molecule has 0 spiro atoms. The Morgan fingerprint density at radius 1 is 0.346 bits per heavy atom. The Labute approximate surface area is 348 Å². The number of para-hydroxylation sites is 3. The molecule has 0 bridgehead atoms. The van der Waals surface area contributed by atoms with Gasteiger partial charge in [-0.2, -0.15) is 0 Å². The average molecular weight is 875 g/mol. The molecule has 0 fully saturated rings. The fourth-order valence-electron chi connectivity index (χ4n) is 4.78. The van der Waals surface area contributed by atoms with Crippen LogP contribution in [0.15, 0.2) is 54.6 Å². The molecule has 0 unspecified atom stereocenters. The Kier molecular flexibility index (Phi) is 33.0. The van der Waals surface area contributed by atoms with Crippen molar-refractivity contribution in [2.75, 3.05) is 54.9 Å². The molecule has 0 N–H and O–H groups in total. The number of benzene rings is 3. The quantitative estimate of drug-likeness (QED) is 0.167. The van der Waals surface area contributed by atoms with Crippen molar-refractivity contribution in [2.45, 2.75) is 119 Å². The molecule has 0 aliphatic heterocycles. The minimum atomic E-state index is 0. The predicted molar refractivity (Wildman–Crippen MR) is 210 cm³/mol. The smallest absolute Gasteiger partial charge is 0.872 e. The van der Waals surface area contributed by atoms with Crippen LogP contribution < -0.4 is 15.3 Å². The number of rotatable bonds is 12. The number of ether oxygens (including phenoxy) is 4. The Bertz CT molecular complexity index is 1060. The molecule has 7 nitrogen and oxygen atoms in total. The van der Waals surface area contributed by atoms with Crippen molar-refractivity contribution in [1.82, 2.24) is 0 Å². The molecule has 0 heterocycles. The van der Waals surface area contributed by atoms with E-state index >= 15 is 0 Å². The van der Waals surface area contributed by atoms with Gasteiger partial charge in [-0.15, -0.1) is 17.2 Å². The fraction of sp³-hybridized carbons (Fsp3) is 0.591. The topological polar surface area (TPSA) is 106 Å². The maximum Gasteiger partial charge on any atom is 3.00 e. The summed E-state index contributed by atoms with van der Waals surface area (Å²) in [5.41, 5.74) is 5.62. The van der Waals surface area contributed by atoms with E-state index in [2.05, 4.69) is 102 Å². The molecule has 0 saturated carbocycles. The Morgan fingerprint density at radius 2 is 0.481 bits per heavy atom. The normalized spacial score (nSPS) is 10.5. The van der Waals surface area contributed by atoms with Crippen LogP contribution in [0.2, 0.25) is 0 Å². The van der Waals surface area contributed by atoms with Crippen LogP contribution >= 0.6 is 0 Å². The molecule has 0 amide bonds. The first-order chi connectivity index (χ1) is 23.9. The standard InChI is InChI=1S/3C12H18O.2C4H10O2.Dy/c3*1-8(2)10-6-5-7-11(9(3)4)12(10)13;2*1-5-3-4-6-2;/h3*5-9,13H,1-4H3;2*3-4H2,1-2H3;/q;;;;;+3/p-3. The van der Waals surface area contributed by atoms with Crippen LogP contribution in [-0.4, -0.2) is 54.9 Å². The zero-order valence-corrected chi connectivity index (χ0v) is 37.2. The molecule has 3 rings (SSSR count). The molecule has 3 aromatic carbocycles. The van der Waals surface area contributed by atoms with E-state index in [1.54, 1.807) is 28.4 Å². The van der Waals surface area contributed by atoms with Gasteiger partial charge in [-0.05, 0) is 35.5 Å². The molecule has 3 aromatic rings. The van der Waals surface area contributed by atoms with Crippen LogP contribution in [0.4, 0.5) is 0 Å². The predicted octanol–water partition coefficient (Wildman–Crippen LogP) is 9.58. The average Bonchev–Trinajstić information content (AvgIpc) is 3.07. The zero-order chi connectivity index (χ0) is 39.7. The minimum Gasteiger partial charge on any atom is -0.872 e. The SMILES string of the molecule is CC(C)c1cccc(C(C)C)c1[O-].CC(C)c1cccc(C(C)C)c1[O-].CC(C)c1cccc(C(C)C)c1[O-].COCCOC.COCCOC.[Dy+3]. The van der Waals surface area contributed by atoms with E-state index in [1.165, 1.54) is 0 Å². The van der Waals surface area contributed by atoms with E-state index in [4.69, 9.17) is 0 Å². The van der Waals surface area contributed by atoms with Gasteiger partial charge < -0.3 is 34.3 Å². The summed E-state index contributed by atoms with van der Waals surface area (Å²) in [7, 11) is 6.61. The minimum absolute atomic E-state index is 0. The summed E-state index contributed by atoms with van der Waals surface area (Å²) in [6.07, 6.45) is 0. The summed E-state index contributed by atoms with van der Waals surface area (Å²) in [5.74, 6) is 2.64. The summed E-state index contributed by atoms with van der Waals surface area (Å²) >= 11 is 0. The molecule has 0 atom stereocenters. The van der Waals surface area contributed by atoms with Gasteiger partial charge in [-0.3, -0.25) is 0 Å². The van der Waals surface area contributed by atoms with Crippen LogP contribution in [0.1, 0.15) is 152 Å². The summed E-state index contributed by atoms with van der Waals surface area (Å²) < 4.78 is 18.6. The third-order valence-electron chi connectivity index (χ3n) is 7.94. The second-order valence-corrected chi connectivity index (χ2v) is 14.2. The van der Waals surface area contributed by atoms with Gasteiger partial charge >= 0.3 is 38.2 Å². The van der Waals surface area contributed by atoms with Gasteiger partial charge in [0.05, 0.1) is 26.4 Å². The van der Waals surface area contributed by atoms with Gasteiger partial charge in [0.1, 0.15) is 0 Å². The van der Waals surface area contributed by atoms with Gasteiger partial charge in [0, 0.05) is 28.4 Å². The molecule has 8 heteroatoms. The van der Waals surface area contributed by atoms with Gasteiger partial charge in [0.25, 0.3) is 0 Å². The van der Waals surface area contributed by atoms with E-state index in [1.807, 2.05) is 54.6 Å². The third kappa shape index (κ3) is 21.8. The Hall–Kier alpha value is -1.83. The van der Waals surface area contributed by atoms with E-state index in [0.29, 0.717) is 61.9 Å². The van der Waals surface area contributed by atoms with E-state index < -0.39 is 0 Å². The number of hydrogen-bond acceptors (Lipinski definition) is 7. The Morgan fingerprint density at radius 3 is 0.577 bits per heavy atom. The molecule has 52 heavy (non-hydrogen) atoms. The largest absolute Gasteiger partial charge is 3.00 e. The fourth-order valence-corrected chi connectivity index (χ4v) is 4.78. The van der Waals surface area contributed by atoms with Crippen molar-refractivity contribution in [2.24, 2.45) is 0 Å². The van der Waals surface area contributed by atoms with Crippen LogP contribution in [0.25, 0.3) is 0 Å². The molecule has 0 saturated heterocycles. The van der Waals surface area contributed by atoms with Gasteiger partial charge in [0.2, 0.25) is 0 Å². The van der Waals surface area contributed by atoms with E-state index in [9.17, 15) is 15.3 Å². The molecular formula is C44H71DyO7. The first-order valence-electron chi connectivity index (χ1n) is 18.3. The number of methoxy groups -OCH3 is 4. The van der Waals surface area contributed by atoms with Crippen LogP contribution in [-0.2, 0) is 18.9 Å². The molecular weight excluding hydrogens is 803 g/mol. The summed E-state index contributed by atoms with van der Waals surface area (Å²) in [5, 5.41) is 35.6. The Balaban J connectivity index is -0.000000597. The van der Waals surface area contributed by atoms with Crippen molar-refractivity contribution in [3.05, 3.63) is 88.0 Å². The van der Waals surface area contributed by atoms with Crippen molar-refractivity contribution in [3.63, 3.8) is 0 Å². The third-order valence-corrected chi connectivity index (χ3v) is 7.94. The van der Waals surface area contributed by atoms with Gasteiger partial charge in [-0.1, -0.05) is 171 Å². The van der Waals surface area contributed by atoms with E-state index in [-0.39, 0.29) is 55.4 Å². The van der Waals surface area contributed by atoms with E-state index in [0.717, 1.165) is 33.4 Å². The maximum absolute atomic E-state index is 11.9.